The van der Waals surface area contributed by atoms with Crippen molar-refractivity contribution in [3.05, 3.63) is 60.8 Å². The van der Waals surface area contributed by atoms with Gasteiger partial charge in [0.2, 0.25) is 5.91 Å². The molecule has 0 saturated carbocycles. The van der Waals surface area contributed by atoms with Gasteiger partial charge in [0.1, 0.15) is 6.54 Å². The first-order valence-corrected chi connectivity index (χ1v) is 8.32. The molecule has 2 aromatic heterocycles. The second-order valence-corrected chi connectivity index (χ2v) is 5.88. The van der Waals surface area contributed by atoms with Crippen LogP contribution in [0.3, 0.4) is 0 Å². The minimum atomic E-state index is -0.549. The molecule has 0 aliphatic carbocycles. The number of aromatic nitrogens is 3. The molecule has 3 rings (SSSR count). The lowest BCUT2D eigenvalue weighted by Gasteiger charge is -2.18. The summed E-state index contributed by atoms with van der Waals surface area (Å²) in [7, 11) is 0. The van der Waals surface area contributed by atoms with Gasteiger partial charge >= 0.3 is 0 Å². The maximum absolute atomic E-state index is 13.0. The van der Waals surface area contributed by atoms with Crippen LogP contribution >= 0.6 is 0 Å². The molecule has 6 heteroatoms. The minimum Gasteiger partial charge on any atom is -0.344 e. The van der Waals surface area contributed by atoms with Gasteiger partial charge < -0.3 is 9.88 Å². The van der Waals surface area contributed by atoms with Crippen LogP contribution in [-0.4, -0.2) is 32.3 Å². The van der Waals surface area contributed by atoms with E-state index in [0.29, 0.717) is 12.0 Å². The van der Waals surface area contributed by atoms with E-state index in [1.807, 2.05) is 31.2 Å². The highest BCUT2D eigenvalue weighted by molar-refractivity contribution is 6.10. The number of nitrogens with one attached hydrogen (secondary N) is 1. The highest BCUT2D eigenvalue weighted by Crippen LogP contribution is 2.19. The van der Waals surface area contributed by atoms with Gasteiger partial charge in [0.15, 0.2) is 5.78 Å². The van der Waals surface area contributed by atoms with E-state index in [2.05, 4.69) is 15.3 Å². The Hall–Kier alpha value is -3.02. The van der Waals surface area contributed by atoms with Crippen LogP contribution in [0.4, 0.5) is 0 Å². The second kappa shape index (κ2) is 7.70. The number of imidazole rings is 1. The van der Waals surface area contributed by atoms with E-state index in [1.165, 1.54) is 0 Å². The van der Waals surface area contributed by atoms with E-state index >= 15 is 0 Å². The lowest BCUT2D eigenvalue weighted by atomic mass is 9.97. The molecule has 3 aromatic rings. The summed E-state index contributed by atoms with van der Waals surface area (Å²) in [4.78, 5) is 33.5. The van der Waals surface area contributed by atoms with E-state index in [-0.39, 0.29) is 18.2 Å². The molecule has 0 fully saturated rings. The number of benzene rings is 1. The number of para-hydroxylation sites is 1. The third kappa shape index (κ3) is 3.91. The number of pyridine rings is 1. The van der Waals surface area contributed by atoms with Crippen LogP contribution in [0, 0.1) is 0 Å². The largest absolute Gasteiger partial charge is 0.344 e. The smallest absolute Gasteiger partial charge is 0.240 e. The van der Waals surface area contributed by atoms with Gasteiger partial charge in [-0.3, -0.25) is 14.6 Å². The molecule has 128 valence electrons. The Morgan fingerprint density at radius 3 is 2.80 bits per heavy atom. The molecule has 0 aliphatic rings. The number of Topliss-reactive ketones (excluding diaryl/α,β-unsaturated/α-hetero) is 1. The van der Waals surface area contributed by atoms with Crippen molar-refractivity contribution in [1.29, 1.82) is 0 Å². The number of nitrogens with zero attached hydrogens (tertiary/aromatic N) is 3. The number of hydrogen-bond acceptors (Lipinski definition) is 4. The van der Waals surface area contributed by atoms with Gasteiger partial charge in [-0.2, -0.15) is 0 Å². The summed E-state index contributed by atoms with van der Waals surface area (Å²) in [5.41, 5.74) is 1.36. The first-order valence-electron chi connectivity index (χ1n) is 8.32. The van der Waals surface area contributed by atoms with E-state index in [4.69, 9.17) is 0 Å². The number of amides is 1. The van der Waals surface area contributed by atoms with Crippen molar-refractivity contribution in [3.63, 3.8) is 0 Å². The molecular weight excluding hydrogens is 316 g/mol. The van der Waals surface area contributed by atoms with Crippen LogP contribution in [-0.2, 0) is 11.3 Å². The van der Waals surface area contributed by atoms with Crippen LogP contribution in [0.2, 0.25) is 0 Å². The molecule has 1 atom stereocenters. The molecule has 0 aliphatic heterocycles. The summed E-state index contributed by atoms with van der Waals surface area (Å²) >= 11 is 0. The van der Waals surface area contributed by atoms with Crippen LogP contribution < -0.4 is 5.32 Å². The molecule has 0 radical (unpaired) electrons. The van der Waals surface area contributed by atoms with Crippen molar-refractivity contribution < 1.29 is 9.59 Å². The predicted octanol–water partition coefficient (Wildman–Crippen LogP) is 2.60. The maximum atomic E-state index is 13.0. The zero-order valence-corrected chi connectivity index (χ0v) is 14.1. The lowest BCUT2D eigenvalue weighted by Crippen LogP contribution is -2.42. The molecule has 25 heavy (non-hydrogen) atoms. The monoisotopic (exact) mass is 336 g/mol. The number of ketones is 1. The molecule has 2 heterocycles. The molecule has 0 saturated heterocycles. The molecule has 1 N–H and O–H groups in total. The average Bonchev–Trinajstić information content (AvgIpc) is 3.13. The Morgan fingerprint density at radius 2 is 2.04 bits per heavy atom. The third-order valence-corrected chi connectivity index (χ3v) is 4.03. The minimum absolute atomic E-state index is 0.0839. The van der Waals surface area contributed by atoms with Crippen molar-refractivity contribution >= 4 is 22.6 Å². The van der Waals surface area contributed by atoms with Crippen molar-refractivity contribution in [3.8, 4) is 0 Å². The Labute approximate surface area is 145 Å². The first kappa shape index (κ1) is 16.8. The summed E-state index contributed by atoms with van der Waals surface area (Å²) in [6.07, 6.45) is 7.92. The fourth-order valence-corrected chi connectivity index (χ4v) is 2.84. The molecule has 0 spiro atoms. The quantitative estimate of drug-likeness (QED) is 0.673. The van der Waals surface area contributed by atoms with Gasteiger partial charge in [0.25, 0.3) is 0 Å². The van der Waals surface area contributed by atoms with Crippen LogP contribution in [0.25, 0.3) is 10.9 Å². The summed E-state index contributed by atoms with van der Waals surface area (Å²) in [5, 5.41) is 3.67. The fourth-order valence-electron chi connectivity index (χ4n) is 2.84. The van der Waals surface area contributed by atoms with Gasteiger partial charge in [0, 0.05) is 29.5 Å². The van der Waals surface area contributed by atoms with E-state index < -0.39 is 6.04 Å². The van der Waals surface area contributed by atoms with Crippen molar-refractivity contribution in [2.24, 2.45) is 0 Å². The highest BCUT2D eigenvalue weighted by Gasteiger charge is 2.23. The van der Waals surface area contributed by atoms with Gasteiger partial charge in [-0.15, -0.1) is 0 Å². The number of fused-ring (bicyclic) bond motifs is 1. The summed E-state index contributed by atoms with van der Waals surface area (Å²) in [6.45, 7) is 2.14. The number of hydrogen-bond donors (Lipinski definition) is 1. The Bertz CT molecular complexity index is 869. The molecule has 1 aromatic carbocycles. The van der Waals surface area contributed by atoms with Gasteiger partial charge in [0.05, 0.1) is 17.9 Å². The number of carbonyl (C=O) groups is 2. The summed E-state index contributed by atoms with van der Waals surface area (Å²) in [6, 6.07) is 8.69. The standard InChI is InChI=1S/C19H20N4O2/c1-2-5-17(22-18(24)12-23-11-10-20-13-23)19(25)15-8-9-21-16-7-4-3-6-14(15)16/h3-4,6-11,13,17H,2,5,12H2,1H3,(H,22,24). The zero-order valence-electron chi connectivity index (χ0n) is 14.1. The van der Waals surface area contributed by atoms with E-state index in [0.717, 1.165) is 17.3 Å². The fraction of sp³-hybridized carbons (Fsp3) is 0.263. The second-order valence-electron chi connectivity index (χ2n) is 5.88. The summed E-state index contributed by atoms with van der Waals surface area (Å²) < 4.78 is 1.67. The Kier molecular flexibility index (Phi) is 5.18. The maximum Gasteiger partial charge on any atom is 0.240 e. The van der Waals surface area contributed by atoms with Crippen molar-refractivity contribution in [1.82, 2.24) is 19.9 Å². The zero-order chi connectivity index (χ0) is 17.6. The highest BCUT2D eigenvalue weighted by atomic mass is 16.2. The van der Waals surface area contributed by atoms with E-state index in [1.54, 1.807) is 35.6 Å². The van der Waals surface area contributed by atoms with Gasteiger partial charge in [-0.25, -0.2) is 4.98 Å². The van der Waals surface area contributed by atoms with E-state index in [9.17, 15) is 9.59 Å². The Balaban J connectivity index is 1.81. The molecular formula is C19H20N4O2. The lowest BCUT2D eigenvalue weighted by molar-refractivity contribution is -0.122. The van der Waals surface area contributed by atoms with Gasteiger partial charge in [-0.05, 0) is 18.6 Å². The normalized spacial score (nSPS) is 12.0. The molecule has 1 unspecified atom stereocenters. The van der Waals surface area contributed by atoms with Crippen LogP contribution in [0.15, 0.2) is 55.2 Å². The van der Waals surface area contributed by atoms with Crippen molar-refractivity contribution in [2.75, 3.05) is 0 Å². The SMILES string of the molecule is CCCC(NC(=O)Cn1ccnc1)C(=O)c1ccnc2ccccc12. The molecule has 6 nitrogen and oxygen atoms in total. The number of carbonyl (C=O) groups excluding carboxylic acids is 2. The molecule has 1 amide bonds. The Morgan fingerprint density at radius 1 is 1.20 bits per heavy atom. The molecule has 0 bridgehead atoms. The van der Waals surface area contributed by atoms with Crippen LogP contribution in [0.1, 0.15) is 30.1 Å². The first-order chi connectivity index (χ1) is 12.2. The predicted molar refractivity (Wildman–Crippen MR) is 95.1 cm³/mol. The van der Waals surface area contributed by atoms with Crippen LogP contribution in [0.5, 0.6) is 0 Å². The van der Waals surface area contributed by atoms with Crippen molar-refractivity contribution in [2.45, 2.75) is 32.4 Å². The number of rotatable bonds is 7. The third-order valence-electron chi connectivity index (χ3n) is 4.03. The average molecular weight is 336 g/mol. The topological polar surface area (TPSA) is 76.9 Å². The van der Waals surface area contributed by atoms with Gasteiger partial charge in [-0.1, -0.05) is 31.5 Å². The summed E-state index contributed by atoms with van der Waals surface area (Å²) in [5.74, 6) is -0.289.